The van der Waals surface area contributed by atoms with Crippen LogP contribution in [0.1, 0.15) is 27.7 Å². The summed E-state index contributed by atoms with van der Waals surface area (Å²) in [5.41, 5.74) is 2.34. The third-order valence-electron chi connectivity index (χ3n) is 3.51. The van der Waals surface area contributed by atoms with Crippen molar-refractivity contribution in [2.45, 2.75) is 27.7 Å². The minimum Gasteiger partial charge on any atom is -0.497 e. The van der Waals surface area contributed by atoms with Gasteiger partial charge in [0, 0.05) is 13.1 Å². The zero-order valence-electron chi connectivity index (χ0n) is 19.7. The van der Waals surface area contributed by atoms with Crippen LogP contribution < -0.4 is 9.47 Å². The fourth-order valence-electron chi connectivity index (χ4n) is 1.97. The fraction of sp³-hybridized carbons (Fsp3) is 0.500. The first-order valence-electron chi connectivity index (χ1n) is 10.0. The van der Waals surface area contributed by atoms with Crippen molar-refractivity contribution in [1.29, 1.82) is 0 Å². The number of ether oxygens (including phenoxy) is 2. The molecule has 0 bridgehead atoms. The van der Waals surface area contributed by atoms with Crippen LogP contribution in [-0.4, -0.2) is 65.3 Å². The van der Waals surface area contributed by atoms with Crippen LogP contribution in [0.15, 0.2) is 48.5 Å². The summed E-state index contributed by atoms with van der Waals surface area (Å²) < 4.78 is 10.2. The van der Waals surface area contributed by atoms with Gasteiger partial charge in [0.05, 0.1) is 14.2 Å². The average molecular weight is 391 g/mol. The maximum Gasteiger partial charge on any atom is 0.118 e. The Balaban J connectivity index is 0. The molecule has 2 aromatic rings. The Morgan fingerprint density at radius 1 is 0.536 bits per heavy atom. The molecule has 0 aromatic heterocycles. The van der Waals surface area contributed by atoms with Gasteiger partial charge in [0.15, 0.2) is 0 Å². The molecule has 4 heteroatoms. The van der Waals surface area contributed by atoms with E-state index in [1.807, 2.05) is 76.2 Å². The van der Waals surface area contributed by atoms with Crippen molar-refractivity contribution in [3.8, 4) is 22.6 Å². The van der Waals surface area contributed by atoms with E-state index >= 15 is 0 Å². The van der Waals surface area contributed by atoms with E-state index in [0.717, 1.165) is 24.6 Å². The topological polar surface area (TPSA) is 24.9 Å². The highest BCUT2D eigenvalue weighted by Gasteiger charge is 1.98. The summed E-state index contributed by atoms with van der Waals surface area (Å²) >= 11 is 0. The second-order valence-electron chi connectivity index (χ2n) is 6.06. The third-order valence-corrected chi connectivity index (χ3v) is 3.51. The molecule has 160 valence electrons. The van der Waals surface area contributed by atoms with Gasteiger partial charge in [-0.05, 0) is 63.6 Å². The predicted molar refractivity (Wildman–Crippen MR) is 125 cm³/mol. The molecule has 0 spiro atoms. The first-order valence-corrected chi connectivity index (χ1v) is 10.0. The monoisotopic (exact) mass is 390 g/mol. The number of hydrogen-bond acceptors (Lipinski definition) is 4. The lowest BCUT2D eigenvalue weighted by molar-refractivity contribution is 0.320. The van der Waals surface area contributed by atoms with Crippen molar-refractivity contribution in [2.75, 3.05) is 55.5 Å². The SMILES string of the molecule is CC.CC.CN(C)CCN(C)C.COc1ccc(-c2ccc(OC)cc2)cc1. The van der Waals surface area contributed by atoms with E-state index in [0.29, 0.717) is 0 Å². The van der Waals surface area contributed by atoms with Crippen LogP contribution in [0.3, 0.4) is 0 Å². The first-order chi connectivity index (χ1) is 13.5. The van der Waals surface area contributed by atoms with Crippen molar-refractivity contribution < 1.29 is 9.47 Å². The maximum absolute atomic E-state index is 5.12. The molecule has 0 heterocycles. The number of methoxy groups -OCH3 is 2. The minimum absolute atomic E-state index is 0.872. The van der Waals surface area contributed by atoms with Gasteiger partial charge in [-0.25, -0.2) is 0 Å². The van der Waals surface area contributed by atoms with Crippen LogP contribution in [-0.2, 0) is 0 Å². The minimum atomic E-state index is 0.872. The van der Waals surface area contributed by atoms with Gasteiger partial charge in [-0.15, -0.1) is 0 Å². The lowest BCUT2D eigenvalue weighted by Crippen LogP contribution is -2.25. The maximum atomic E-state index is 5.12. The van der Waals surface area contributed by atoms with Crippen molar-refractivity contribution in [3.05, 3.63) is 48.5 Å². The summed E-state index contributed by atoms with van der Waals surface area (Å²) in [5.74, 6) is 1.74. The Kier molecular flexibility index (Phi) is 18.4. The summed E-state index contributed by atoms with van der Waals surface area (Å²) in [6.07, 6.45) is 0. The molecule has 0 aliphatic rings. The van der Waals surface area contributed by atoms with Gasteiger partial charge in [-0.1, -0.05) is 52.0 Å². The Morgan fingerprint density at radius 2 is 0.786 bits per heavy atom. The van der Waals surface area contributed by atoms with Gasteiger partial charge in [-0.3, -0.25) is 0 Å². The molecule has 0 unspecified atom stereocenters. The third kappa shape index (κ3) is 13.2. The molecule has 0 aliphatic carbocycles. The Labute approximate surface area is 174 Å². The molecular formula is C24H42N2O2. The standard InChI is InChI=1S/C14H14O2.C6H16N2.2C2H6/c1-15-13-7-3-11(4-8-13)12-5-9-14(16-2)10-6-12;1-7(2)5-6-8(3)4;2*1-2/h3-10H,1-2H3;5-6H2,1-4H3;2*1-2H3. The van der Waals surface area contributed by atoms with Crippen LogP contribution >= 0.6 is 0 Å². The Bertz CT molecular complexity index is 511. The molecule has 0 amide bonds. The van der Waals surface area contributed by atoms with E-state index < -0.39 is 0 Å². The molecule has 28 heavy (non-hydrogen) atoms. The number of nitrogens with zero attached hydrogens (tertiary/aromatic N) is 2. The molecule has 0 atom stereocenters. The molecule has 2 rings (SSSR count). The van der Waals surface area contributed by atoms with E-state index in [-0.39, 0.29) is 0 Å². The number of hydrogen-bond donors (Lipinski definition) is 0. The summed E-state index contributed by atoms with van der Waals surface area (Å²) in [7, 11) is 11.7. The Hall–Kier alpha value is -2.04. The number of benzene rings is 2. The molecule has 0 saturated carbocycles. The lowest BCUT2D eigenvalue weighted by Gasteiger charge is -2.13. The fourth-order valence-corrected chi connectivity index (χ4v) is 1.97. The van der Waals surface area contributed by atoms with Gasteiger partial charge < -0.3 is 19.3 Å². The molecular weight excluding hydrogens is 348 g/mol. The molecule has 2 aromatic carbocycles. The van der Waals surface area contributed by atoms with E-state index in [2.05, 4.69) is 38.0 Å². The zero-order chi connectivity index (χ0) is 21.9. The summed E-state index contributed by atoms with van der Waals surface area (Å²) in [6.45, 7) is 10.3. The first kappa shape index (κ1) is 28.2. The normalized spacial score (nSPS) is 9.29. The highest BCUT2D eigenvalue weighted by molar-refractivity contribution is 5.64. The second kappa shape index (κ2) is 18.3. The van der Waals surface area contributed by atoms with Gasteiger partial charge in [-0.2, -0.15) is 0 Å². The largest absolute Gasteiger partial charge is 0.497 e. The quantitative estimate of drug-likeness (QED) is 0.647. The van der Waals surface area contributed by atoms with Crippen LogP contribution in [0.4, 0.5) is 0 Å². The van der Waals surface area contributed by atoms with Crippen LogP contribution in [0.2, 0.25) is 0 Å². The van der Waals surface area contributed by atoms with Gasteiger partial charge in [0.2, 0.25) is 0 Å². The van der Waals surface area contributed by atoms with Crippen molar-refractivity contribution >= 4 is 0 Å². The van der Waals surface area contributed by atoms with Crippen molar-refractivity contribution in [2.24, 2.45) is 0 Å². The van der Waals surface area contributed by atoms with Gasteiger partial charge in [0.25, 0.3) is 0 Å². The second-order valence-corrected chi connectivity index (χ2v) is 6.06. The van der Waals surface area contributed by atoms with Gasteiger partial charge in [0.1, 0.15) is 11.5 Å². The summed E-state index contributed by atoms with van der Waals surface area (Å²) in [4.78, 5) is 4.36. The summed E-state index contributed by atoms with van der Waals surface area (Å²) in [5, 5.41) is 0. The zero-order valence-corrected chi connectivity index (χ0v) is 19.7. The molecule has 0 N–H and O–H groups in total. The predicted octanol–water partition coefficient (Wildman–Crippen LogP) is 5.53. The highest BCUT2D eigenvalue weighted by Crippen LogP contribution is 2.24. The molecule has 0 fully saturated rings. The molecule has 4 nitrogen and oxygen atoms in total. The summed E-state index contributed by atoms with van der Waals surface area (Å²) in [6, 6.07) is 16.0. The molecule has 0 saturated heterocycles. The number of rotatable bonds is 6. The smallest absolute Gasteiger partial charge is 0.118 e. The van der Waals surface area contributed by atoms with E-state index in [4.69, 9.17) is 9.47 Å². The van der Waals surface area contributed by atoms with E-state index in [1.54, 1.807) is 14.2 Å². The van der Waals surface area contributed by atoms with Crippen molar-refractivity contribution in [3.63, 3.8) is 0 Å². The van der Waals surface area contributed by atoms with Crippen LogP contribution in [0.25, 0.3) is 11.1 Å². The van der Waals surface area contributed by atoms with Crippen LogP contribution in [0.5, 0.6) is 11.5 Å². The lowest BCUT2D eigenvalue weighted by atomic mass is 10.1. The molecule has 0 aliphatic heterocycles. The molecule has 0 radical (unpaired) electrons. The van der Waals surface area contributed by atoms with Crippen LogP contribution in [0, 0.1) is 0 Å². The van der Waals surface area contributed by atoms with E-state index in [1.165, 1.54) is 11.1 Å². The van der Waals surface area contributed by atoms with Gasteiger partial charge >= 0.3 is 0 Å². The van der Waals surface area contributed by atoms with Crippen molar-refractivity contribution in [1.82, 2.24) is 9.80 Å². The Morgan fingerprint density at radius 3 is 0.964 bits per heavy atom. The number of likely N-dealkylation sites (N-methyl/N-ethyl adjacent to an activating group) is 2. The van der Waals surface area contributed by atoms with E-state index in [9.17, 15) is 0 Å². The average Bonchev–Trinajstić information content (AvgIpc) is 2.76. The highest BCUT2D eigenvalue weighted by atomic mass is 16.5.